The van der Waals surface area contributed by atoms with Crippen molar-refractivity contribution in [2.45, 2.75) is 31.4 Å². The number of ether oxygens (including phenoxy) is 1. The van der Waals surface area contributed by atoms with Gasteiger partial charge in [-0.3, -0.25) is 4.99 Å². The molecule has 0 fully saturated rings. The van der Waals surface area contributed by atoms with Gasteiger partial charge in [0.1, 0.15) is 11.9 Å². The Morgan fingerprint density at radius 2 is 1.20 bits per heavy atom. The van der Waals surface area contributed by atoms with Crippen molar-refractivity contribution in [1.29, 1.82) is 0 Å². The number of amidine groups is 1. The van der Waals surface area contributed by atoms with E-state index in [0.717, 1.165) is 34.8 Å². The van der Waals surface area contributed by atoms with Gasteiger partial charge in [0.05, 0.1) is 11.8 Å². The minimum Gasteiger partial charge on any atom is -0.485 e. The Balaban J connectivity index is 1.11. The Kier molecular flexibility index (Phi) is 8.10. The molecule has 51 heavy (non-hydrogen) atoms. The van der Waals surface area contributed by atoms with Gasteiger partial charge in [-0.25, -0.2) is 4.99 Å². The van der Waals surface area contributed by atoms with Crippen molar-refractivity contribution in [3.8, 4) is 28.0 Å². The average Bonchev–Trinajstić information content (AvgIpc) is 3.59. The maximum atomic E-state index is 6.38. The summed E-state index contributed by atoms with van der Waals surface area (Å²) in [5, 5.41) is 0. The van der Waals surface area contributed by atoms with Gasteiger partial charge >= 0.3 is 0 Å². The maximum Gasteiger partial charge on any atom is 0.155 e. The van der Waals surface area contributed by atoms with Crippen LogP contribution in [-0.4, -0.2) is 17.7 Å². The third kappa shape index (κ3) is 5.95. The highest BCUT2D eigenvalue weighted by atomic mass is 16.5. The molecule has 9 rings (SSSR count). The lowest BCUT2D eigenvalue weighted by Crippen LogP contribution is -2.28. The molecule has 0 bridgehead atoms. The molecule has 6 aromatic rings. The van der Waals surface area contributed by atoms with Gasteiger partial charge in [0.15, 0.2) is 5.84 Å². The number of allylic oxidation sites excluding steroid dienone is 2. The molecule has 6 aromatic carbocycles. The molecule has 0 N–H and O–H groups in total. The van der Waals surface area contributed by atoms with Crippen LogP contribution in [0, 0.1) is 5.92 Å². The standard InChI is InChI=1S/C48H38N2O/c1-2-41-46(39-19-11-17-36(29-39)33-15-7-4-8-16-33)49-48(35-25-23-34(24-26-35)32-13-5-3-6-14-32)50-47(41)40-20-12-18-37(30-40)38-27-28-43-42-21-9-10-22-44(42)51-45(43)31-38/h3-31,41,43,45,47H,2H2,1H3. The molecule has 246 valence electrons. The lowest BCUT2D eigenvalue weighted by Gasteiger charge is -2.30. The van der Waals surface area contributed by atoms with E-state index in [9.17, 15) is 0 Å². The van der Waals surface area contributed by atoms with Gasteiger partial charge in [-0.1, -0.05) is 159 Å². The summed E-state index contributed by atoms with van der Waals surface area (Å²) in [5.41, 5.74) is 12.8. The number of hydrogen-bond acceptors (Lipinski definition) is 3. The van der Waals surface area contributed by atoms with Crippen LogP contribution in [-0.2, 0) is 0 Å². The highest BCUT2D eigenvalue weighted by molar-refractivity contribution is 6.15. The zero-order valence-electron chi connectivity index (χ0n) is 28.6. The minimum absolute atomic E-state index is 0.00300. The molecule has 0 amide bonds. The Labute approximate surface area is 300 Å². The fraction of sp³-hybridized carbons (Fsp3) is 0.125. The number of para-hydroxylation sites is 1. The average molecular weight is 659 g/mol. The predicted octanol–water partition coefficient (Wildman–Crippen LogP) is 11.5. The normalized spacial score (nSPS) is 20.4. The Morgan fingerprint density at radius 3 is 1.98 bits per heavy atom. The summed E-state index contributed by atoms with van der Waals surface area (Å²) in [6.07, 6.45) is 7.75. The second-order valence-corrected chi connectivity index (χ2v) is 13.6. The van der Waals surface area contributed by atoms with Crippen LogP contribution in [0.4, 0.5) is 0 Å². The van der Waals surface area contributed by atoms with E-state index in [1.165, 1.54) is 44.5 Å². The fourth-order valence-electron chi connectivity index (χ4n) is 7.81. The number of rotatable bonds is 7. The SMILES string of the molecule is CCC1C(c2cccc(-c3ccccc3)c2)=NC(c2ccc(-c3ccccc3)cc2)=NC1c1cccc(C2=CC3Oc4ccccc4C3C=C2)c1. The van der Waals surface area contributed by atoms with Crippen LogP contribution >= 0.6 is 0 Å². The molecule has 4 atom stereocenters. The first-order valence-corrected chi connectivity index (χ1v) is 18.0. The lowest BCUT2D eigenvalue weighted by atomic mass is 9.81. The van der Waals surface area contributed by atoms with E-state index in [-0.39, 0.29) is 24.0 Å². The molecule has 0 saturated carbocycles. The van der Waals surface area contributed by atoms with E-state index in [0.29, 0.717) is 0 Å². The molecule has 2 aliphatic heterocycles. The molecule has 2 heterocycles. The van der Waals surface area contributed by atoms with E-state index in [2.05, 4.69) is 177 Å². The van der Waals surface area contributed by atoms with Crippen LogP contribution in [0.2, 0.25) is 0 Å². The summed E-state index contributed by atoms with van der Waals surface area (Å²) in [6, 6.07) is 55.8. The Morgan fingerprint density at radius 1 is 0.569 bits per heavy atom. The number of aliphatic imine (C=N–C) groups is 2. The van der Waals surface area contributed by atoms with Gasteiger partial charge in [0, 0.05) is 23.0 Å². The highest BCUT2D eigenvalue weighted by Gasteiger charge is 2.34. The Hall–Kier alpha value is -6.06. The molecular formula is C48H38N2O. The second kappa shape index (κ2) is 13.3. The van der Waals surface area contributed by atoms with Crippen LogP contribution < -0.4 is 4.74 Å². The van der Waals surface area contributed by atoms with Crippen molar-refractivity contribution in [1.82, 2.24) is 0 Å². The molecule has 3 aliphatic rings. The highest BCUT2D eigenvalue weighted by Crippen LogP contribution is 2.44. The first-order valence-electron chi connectivity index (χ1n) is 18.0. The molecule has 0 spiro atoms. The predicted molar refractivity (Wildman–Crippen MR) is 211 cm³/mol. The van der Waals surface area contributed by atoms with E-state index >= 15 is 0 Å². The van der Waals surface area contributed by atoms with Crippen LogP contribution in [0.1, 0.15) is 53.1 Å². The fourth-order valence-corrected chi connectivity index (χ4v) is 7.81. The van der Waals surface area contributed by atoms with Crippen molar-refractivity contribution in [3.63, 3.8) is 0 Å². The quantitative estimate of drug-likeness (QED) is 0.168. The number of hydrogen-bond donors (Lipinski definition) is 0. The molecule has 0 saturated heterocycles. The lowest BCUT2D eigenvalue weighted by molar-refractivity contribution is 0.269. The van der Waals surface area contributed by atoms with Crippen molar-refractivity contribution in [2.75, 3.05) is 0 Å². The zero-order valence-corrected chi connectivity index (χ0v) is 28.6. The first kappa shape index (κ1) is 31.0. The van der Waals surface area contributed by atoms with Gasteiger partial charge in [0.25, 0.3) is 0 Å². The summed E-state index contributed by atoms with van der Waals surface area (Å²) in [5.74, 6) is 2.11. The van der Waals surface area contributed by atoms with Crippen molar-refractivity contribution in [3.05, 3.63) is 204 Å². The Bertz CT molecular complexity index is 2330. The van der Waals surface area contributed by atoms with Crippen LogP contribution in [0.25, 0.3) is 27.8 Å². The molecular weight excluding hydrogens is 621 g/mol. The molecule has 4 unspecified atom stereocenters. The molecule has 1 aliphatic carbocycles. The summed E-state index contributed by atoms with van der Waals surface area (Å²) < 4.78 is 6.38. The van der Waals surface area contributed by atoms with Gasteiger partial charge in [-0.2, -0.15) is 0 Å². The van der Waals surface area contributed by atoms with Gasteiger partial charge < -0.3 is 4.74 Å². The van der Waals surface area contributed by atoms with Crippen molar-refractivity contribution < 1.29 is 4.74 Å². The maximum absolute atomic E-state index is 6.38. The summed E-state index contributed by atoms with van der Waals surface area (Å²) in [6.45, 7) is 2.26. The van der Waals surface area contributed by atoms with Gasteiger partial charge in [0.2, 0.25) is 0 Å². The van der Waals surface area contributed by atoms with E-state index < -0.39 is 0 Å². The van der Waals surface area contributed by atoms with Gasteiger partial charge in [-0.15, -0.1) is 0 Å². The largest absolute Gasteiger partial charge is 0.485 e. The van der Waals surface area contributed by atoms with Crippen molar-refractivity contribution >= 4 is 17.1 Å². The van der Waals surface area contributed by atoms with E-state index in [1.54, 1.807) is 0 Å². The van der Waals surface area contributed by atoms with E-state index in [4.69, 9.17) is 14.7 Å². The van der Waals surface area contributed by atoms with Crippen LogP contribution in [0.15, 0.2) is 186 Å². The molecule has 0 radical (unpaired) electrons. The number of fused-ring (bicyclic) bond motifs is 3. The smallest absolute Gasteiger partial charge is 0.155 e. The van der Waals surface area contributed by atoms with Crippen LogP contribution in [0.5, 0.6) is 5.75 Å². The minimum atomic E-state index is -0.0977. The third-order valence-corrected chi connectivity index (χ3v) is 10.5. The summed E-state index contributed by atoms with van der Waals surface area (Å²) >= 11 is 0. The third-order valence-electron chi connectivity index (χ3n) is 10.5. The first-order chi connectivity index (χ1) is 25.2. The van der Waals surface area contributed by atoms with Gasteiger partial charge in [-0.05, 0) is 75.2 Å². The summed E-state index contributed by atoms with van der Waals surface area (Å²) in [4.78, 5) is 10.9. The van der Waals surface area contributed by atoms with Crippen molar-refractivity contribution in [2.24, 2.45) is 15.9 Å². The number of nitrogens with zero attached hydrogens (tertiary/aromatic N) is 2. The molecule has 0 aromatic heterocycles. The van der Waals surface area contributed by atoms with E-state index in [1.807, 2.05) is 6.07 Å². The molecule has 3 heteroatoms. The second-order valence-electron chi connectivity index (χ2n) is 13.6. The number of benzene rings is 6. The summed E-state index contributed by atoms with van der Waals surface area (Å²) in [7, 11) is 0. The monoisotopic (exact) mass is 658 g/mol. The van der Waals surface area contributed by atoms with Crippen LogP contribution in [0.3, 0.4) is 0 Å². The topological polar surface area (TPSA) is 34.0 Å². The molecule has 3 nitrogen and oxygen atoms in total. The zero-order chi connectivity index (χ0) is 34.1.